The highest BCUT2D eigenvalue weighted by Gasteiger charge is 2.15. The Kier molecular flexibility index (Phi) is 4.24. The minimum atomic E-state index is 0.385. The Bertz CT molecular complexity index is 513. The van der Waals surface area contributed by atoms with E-state index in [0.29, 0.717) is 11.7 Å². The predicted molar refractivity (Wildman–Crippen MR) is 82.2 cm³/mol. The number of anilines is 2. The summed E-state index contributed by atoms with van der Waals surface area (Å²) < 4.78 is 0.933. The van der Waals surface area contributed by atoms with Crippen LogP contribution in [0.4, 0.5) is 11.5 Å². The molecule has 0 fully saturated rings. The van der Waals surface area contributed by atoms with Crippen LogP contribution in [0.2, 0.25) is 0 Å². The molecular formula is C13H16BrN3S. The van der Waals surface area contributed by atoms with Crippen LogP contribution in [-0.2, 0) is 6.42 Å². The maximum Gasteiger partial charge on any atom is 0.143 e. The zero-order chi connectivity index (χ0) is 13.1. The number of halogens is 1. The van der Waals surface area contributed by atoms with Crippen molar-refractivity contribution in [2.24, 2.45) is 0 Å². The largest absolute Gasteiger partial charge is 0.397 e. The van der Waals surface area contributed by atoms with Crippen molar-refractivity contribution in [1.29, 1.82) is 0 Å². The highest BCUT2D eigenvalue weighted by Crippen LogP contribution is 2.27. The first kappa shape index (κ1) is 13.4. The van der Waals surface area contributed by atoms with Crippen molar-refractivity contribution in [3.05, 3.63) is 39.1 Å². The highest BCUT2D eigenvalue weighted by atomic mass is 79.9. The molecule has 0 saturated heterocycles. The van der Waals surface area contributed by atoms with Gasteiger partial charge in [0, 0.05) is 24.4 Å². The molecule has 5 heteroatoms. The summed E-state index contributed by atoms with van der Waals surface area (Å²) in [6.45, 7) is 2.20. The van der Waals surface area contributed by atoms with Crippen LogP contribution in [0.3, 0.4) is 0 Å². The molecule has 0 aliphatic carbocycles. The molecule has 2 N–H and O–H groups in total. The maximum absolute atomic E-state index is 5.70. The van der Waals surface area contributed by atoms with E-state index in [0.717, 1.165) is 16.7 Å². The van der Waals surface area contributed by atoms with E-state index in [-0.39, 0.29) is 0 Å². The number of hydrogen-bond donors (Lipinski definition) is 1. The topological polar surface area (TPSA) is 42.2 Å². The van der Waals surface area contributed by atoms with Gasteiger partial charge in [0.15, 0.2) is 0 Å². The van der Waals surface area contributed by atoms with Gasteiger partial charge in [-0.3, -0.25) is 0 Å². The Balaban J connectivity index is 2.12. The molecule has 0 radical (unpaired) electrons. The minimum Gasteiger partial charge on any atom is -0.397 e. The summed E-state index contributed by atoms with van der Waals surface area (Å²) in [6.07, 6.45) is 2.71. The molecule has 1 atom stereocenters. The molecule has 2 aromatic rings. The fourth-order valence-corrected chi connectivity index (χ4v) is 3.24. The van der Waals surface area contributed by atoms with E-state index in [2.05, 4.69) is 57.3 Å². The van der Waals surface area contributed by atoms with Crippen molar-refractivity contribution >= 4 is 38.8 Å². The number of nitrogens with two attached hydrogens (primary N) is 1. The Morgan fingerprint density at radius 1 is 1.56 bits per heavy atom. The minimum absolute atomic E-state index is 0.385. The van der Waals surface area contributed by atoms with Gasteiger partial charge in [-0.25, -0.2) is 4.98 Å². The number of nitrogens with zero attached hydrogens (tertiary/aromatic N) is 2. The molecule has 1 unspecified atom stereocenters. The number of pyridine rings is 1. The van der Waals surface area contributed by atoms with E-state index in [1.165, 1.54) is 4.88 Å². The summed E-state index contributed by atoms with van der Waals surface area (Å²) in [5, 5.41) is 2.11. The molecule has 3 nitrogen and oxygen atoms in total. The first-order valence-electron chi connectivity index (χ1n) is 5.74. The van der Waals surface area contributed by atoms with Crippen molar-refractivity contribution in [1.82, 2.24) is 4.98 Å². The monoisotopic (exact) mass is 325 g/mol. The molecule has 0 bridgehead atoms. The van der Waals surface area contributed by atoms with Crippen LogP contribution in [0.15, 0.2) is 34.2 Å². The number of rotatable bonds is 4. The van der Waals surface area contributed by atoms with Crippen LogP contribution < -0.4 is 10.6 Å². The molecule has 0 amide bonds. The smallest absolute Gasteiger partial charge is 0.143 e. The SMILES string of the molecule is CC(Cc1cccs1)N(C)c1ncc(N)cc1Br. The molecular weight excluding hydrogens is 310 g/mol. The maximum atomic E-state index is 5.70. The lowest BCUT2D eigenvalue weighted by atomic mass is 10.2. The fourth-order valence-electron chi connectivity index (χ4n) is 1.77. The predicted octanol–water partition coefficient (Wildman–Crippen LogP) is 3.56. The number of likely N-dealkylation sites (N-methyl/N-ethyl adjacent to an activating group) is 1. The summed E-state index contributed by atoms with van der Waals surface area (Å²) in [7, 11) is 2.06. The second-order valence-electron chi connectivity index (χ2n) is 4.32. The van der Waals surface area contributed by atoms with Crippen molar-refractivity contribution in [3.63, 3.8) is 0 Å². The van der Waals surface area contributed by atoms with E-state index < -0.39 is 0 Å². The van der Waals surface area contributed by atoms with Crippen LogP contribution in [0.1, 0.15) is 11.8 Å². The van der Waals surface area contributed by atoms with Gasteiger partial charge in [-0.1, -0.05) is 6.07 Å². The Morgan fingerprint density at radius 2 is 2.33 bits per heavy atom. The molecule has 2 heterocycles. The van der Waals surface area contributed by atoms with Gasteiger partial charge >= 0.3 is 0 Å². The van der Waals surface area contributed by atoms with Crippen molar-refractivity contribution in [2.75, 3.05) is 17.7 Å². The molecule has 2 aromatic heterocycles. The fraction of sp³-hybridized carbons (Fsp3) is 0.308. The number of hydrogen-bond acceptors (Lipinski definition) is 4. The van der Waals surface area contributed by atoms with Crippen molar-refractivity contribution in [3.8, 4) is 0 Å². The number of aromatic nitrogens is 1. The van der Waals surface area contributed by atoms with E-state index in [1.807, 2.05) is 6.07 Å². The highest BCUT2D eigenvalue weighted by molar-refractivity contribution is 9.10. The second kappa shape index (κ2) is 5.71. The average molecular weight is 326 g/mol. The number of thiophene rings is 1. The summed E-state index contributed by atoms with van der Waals surface area (Å²) in [5.41, 5.74) is 6.38. The molecule has 0 spiro atoms. The normalized spacial score (nSPS) is 12.4. The van der Waals surface area contributed by atoms with Crippen LogP contribution in [0, 0.1) is 0 Å². The van der Waals surface area contributed by atoms with Crippen molar-refractivity contribution in [2.45, 2.75) is 19.4 Å². The number of nitrogen functional groups attached to an aromatic ring is 1. The van der Waals surface area contributed by atoms with Crippen LogP contribution in [-0.4, -0.2) is 18.1 Å². The molecule has 0 saturated carbocycles. The molecule has 96 valence electrons. The Hall–Kier alpha value is -1.07. The second-order valence-corrected chi connectivity index (χ2v) is 6.20. The summed E-state index contributed by atoms with van der Waals surface area (Å²) in [5.74, 6) is 0.924. The quantitative estimate of drug-likeness (QED) is 0.934. The lowest BCUT2D eigenvalue weighted by Gasteiger charge is -2.26. The zero-order valence-electron chi connectivity index (χ0n) is 10.4. The van der Waals surface area contributed by atoms with Gasteiger partial charge in [0.05, 0.1) is 16.4 Å². The Labute approximate surface area is 120 Å². The first-order chi connectivity index (χ1) is 8.58. The molecule has 0 aliphatic heterocycles. The zero-order valence-corrected chi connectivity index (χ0v) is 12.8. The molecule has 0 aliphatic rings. The van der Waals surface area contributed by atoms with Crippen LogP contribution in [0.5, 0.6) is 0 Å². The van der Waals surface area contributed by atoms with Gasteiger partial charge in [0.25, 0.3) is 0 Å². The van der Waals surface area contributed by atoms with E-state index in [4.69, 9.17) is 5.73 Å². The van der Waals surface area contributed by atoms with Gasteiger partial charge in [0.2, 0.25) is 0 Å². The van der Waals surface area contributed by atoms with Gasteiger partial charge in [-0.05, 0) is 40.4 Å². The molecule has 18 heavy (non-hydrogen) atoms. The third kappa shape index (κ3) is 3.03. The molecule has 2 rings (SSSR count). The van der Waals surface area contributed by atoms with Gasteiger partial charge in [-0.2, -0.15) is 0 Å². The van der Waals surface area contributed by atoms with Gasteiger partial charge in [0.1, 0.15) is 5.82 Å². The van der Waals surface area contributed by atoms with E-state index in [9.17, 15) is 0 Å². The third-order valence-electron chi connectivity index (χ3n) is 2.91. The summed E-state index contributed by atoms with van der Waals surface area (Å²) >= 11 is 5.30. The lowest BCUT2D eigenvalue weighted by molar-refractivity contribution is 0.679. The van der Waals surface area contributed by atoms with E-state index in [1.54, 1.807) is 17.5 Å². The Morgan fingerprint density at radius 3 is 2.94 bits per heavy atom. The summed E-state index contributed by atoms with van der Waals surface area (Å²) in [6, 6.07) is 6.53. The van der Waals surface area contributed by atoms with Gasteiger partial charge < -0.3 is 10.6 Å². The van der Waals surface area contributed by atoms with Gasteiger partial charge in [-0.15, -0.1) is 11.3 Å². The first-order valence-corrected chi connectivity index (χ1v) is 7.41. The molecule has 0 aromatic carbocycles. The average Bonchev–Trinajstić information content (AvgIpc) is 2.81. The summed E-state index contributed by atoms with van der Waals surface area (Å²) in [4.78, 5) is 7.95. The van der Waals surface area contributed by atoms with Crippen LogP contribution in [0.25, 0.3) is 0 Å². The lowest BCUT2D eigenvalue weighted by Crippen LogP contribution is -2.31. The third-order valence-corrected chi connectivity index (χ3v) is 4.40. The standard InChI is InChI=1S/C13H16BrN3S/c1-9(6-11-4-3-5-18-11)17(2)13-12(14)7-10(15)8-16-13/h3-5,7-9H,6,15H2,1-2H3. The van der Waals surface area contributed by atoms with Crippen LogP contribution >= 0.6 is 27.3 Å². The van der Waals surface area contributed by atoms with E-state index >= 15 is 0 Å². The van der Waals surface area contributed by atoms with Crippen molar-refractivity contribution < 1.29 is 0 Å².